The van der Waals surface area contributed by atoms with Gasteiger partial charge in [-0.05, 0) is 19.9 Å². The Bertz CT molecular complexity index is 445. The molecule has 0 saturated carbocycles. The zero-order chi connectivity index (χ0) is 11.5. The van der Waals surface area contributed by atoms with Crippen molar-refractivity contribution in [1.82, 2.24) is 15.1 Å². The third-order valence-electron chi connectivity index (χ3n) is 2.71. The van der Waals surface area contributed by atoms with Gasteiger partial charge < -0.3 is 9.73 Å². The zero-order valence-corrected chi connectivity index (χ0v) is 9.90. The van der Waals surface area contributed by atoms with Crippen molar-refractivity contribution >= 4 is 0 Å². The van der Waals surface area contributed by atoms with E-state index in [-0.39, 0.29) is 0 Å². The van der Waals surface area contributed by atoms with Crippen molar-refractivity contribution in [2.45, 2.75) is 26.4 Å². The highest BCUT2D eigenvalue weighted by molar-refractivity contribution is 5.19. The van der Waals surface area contributed by atoms with Crippen LogP contribution in [-0.4, -0.2) is 9.78 Å². The Balaban J connectivity index is 1.98. The summed E-state index contributed by atoms with van der Waals surface area (Å²) in [7, 11) is 1.94. The molecule has 2 aromatic rings. The fourth-order valence-electron chi connectivity index (χ4n) is 1.82. The maximum Gasteiger partial charge on any atom is 0.0947 e. The van der Waals surface area contributed by atoms with Crippen molar-refractivity contribution in [1.29, 1.82) is 0 Å². The highest BCUT2D eigenvalue weighted by atomic mass is 16.3. The molecule has 4 nitrogen and oxygen atoms in total. The van der Waals surface area contributed by atoms with Crippen LogP contribution in [0.5, 0.6) is 0 Å². The Morgan fingerprint density at radius 3 is 2.94 bits per heavy atom. The third-order valence-corrected chi connectivity index (χ3v) is 2.71. The molecule has 2 rings (SSSR count). The molecule has 4 heteroatoms. The summed E-state index contributed by atoms with van der Waals surface area (Å²) in [6, 6.07) is 2.26. The SMILES string of the molecule is Cc1nn(C)cc1C(C)NCc1ccoc1. The lowest BCUT2D eigenvalue weighted by Crippen LogP contribution is -2.18. The third kappa shape index (κ3) is 2.33. The minimum Gasteiger partial charge on any atom is -0.472 e. The van der Waals surface area contributed by atoms with Crippen LogP contribution in [0.1, 0.15) is 29.8 Å². The van der Waals surface area contributed by atoms with Gasteiger partial charge in [0.2, 0.25) is 0 Å². The maximum atomic E-state index is 5.02. The van der Waals surface area contributed by atoms with Gasteiger partial charge in [0.25, 0.3) is 0 Å². The molecule has 0 spiro atoms. The smallest absolute Gasteiger partial charge is 0.0947 e. The number of nitrogens with zero attached hydrogens (tertiary/aromatic N) is 2. The van der Waals surface area contributed by atoms with E-state index in [0.717, 1.165) is 17.8 Å². The molecule has 86 valence electrons. The van der Waals surface area contributed by atoms with Crippen molar-refractivity contribution in [3.8, 4) is 0 Å². The predicted molar refractivity (Wildman–Crippen MR) is 61.9 cm³/mol. The molecule has 2 heterocycles. The van der Waals surface area contributed by atoms with Gasteiger partial charge in [0.15, 0.2) is 0 Å². The summed E-state index contributed by atoms with van der Waals surface area (Å²) in [5.41, 5.74) is 3.48. The summed E-state index contributed by atoms with van der Waals surface area (Å²) < 4.78 is 6.87. The van der Waals surface area contributed by atoms with E-state index >= 15 is 0 Å². The van der Waals surface area contributed by atoms with Crippen LogP contribution in [0.4, 0.5) is 0 Å². The first-order valence-corrected chi connectivity index (χ1v) is 5.41. The van der Waals surface area contributed by atoms with Crippen molar-refractivity contribution in [3.63, 3.8) is 0 Å². The number of hydrogen-bond acceptors (Lipinski definition) is 3. The molecule has 0 amide bonds. The number of aromatic nitrogens is 2. The Morgan fingerprint density at radius 1 is 1.56 bits per heavy atom. The van der Waals surface area contributed by atoms with Crippen LogP contribution in [0.15, 0.2) is 29.2 Å². The molecule has 1 atom stereocenters. The minimum absolute atomic E-state index is 0.295. The first-order valence-electron chi connectivity index (χ1n) is 5.41. The van der Waals surface area contributed by atoms with Crippen LogP contribution in [-0.2, 0) is 13.6 Å². The van der Waals surface area contributed by atoms with Crippen LogP contribution in [0.2, 0.25) is 0 Å². The van der Waals surface area contributed by atoms with Crippen molar-refractivity contribution < 1.29 is 4.42 Å². The van der Waals surface area contributed by atoms with Crippen LogP contribution in [0, 0.1) is 6.92 Å². The van der Waals surface area contributed by atoms with Crippen LogP contribution in [0.25, 0.3) is 0 Å². The molecule has 0 radical (unpaired) electrons. The van der Waals surface area contributed by atoms with E-state index in [0.29, 0.717) is 6.04 Å². The number of hydrogen-bond donors (Lipinski definition) is 1. The van der Waals surface area contributed by atoms with Gasteiger partial charge in [-0.3, -0.25) is 4.68 Å². The standard InChI is InChI=1S/C12H17N3O/c1-9(12-7-15(3)14-10(12)2)13-6-11-4-5-16-8-11/h4-5,7-9,13H,6H2,1-3H3. The molecule has 0 aliphatic heterocycles. The summed E-state index contributed by atoms with van der Waals surface area (Å²) in [5.74, 6) is 0. The highest BCUT2D eigenvalue weighted by Gasteiger charge is 2.11. The lowest BCUT2D eigenvalue weighted by atomic mass is 10.1. The first-order chi connectivity index (χ1) is 7.66. The van der Waals surface area contributed by atoms with Crippen molar-refractivity contribution in [2.24, 2.45) is 7.05 Å². The van der Waals surface area contributed by atoms with E-state index in [1.807, 2.05) is 24.7 Å². The maximum absolute atomic E-state index is 5.02. The second kappa shape index (κ2) is 4.53. The van der Waals surface area contributed by atoms with E-state index in [2.05, 4.69) is 23.5 Å². The molecule has 1 N–H and O–H groups in total. The average Bonchev–Trinajstić information content (AvgIpc) is 2.84. The zero-order valence-electron chi connectivity index (χ0n) is 9.90. The van der Waals surface area contributed by atoms with E-state index in [9.17, 15) is 0 Å². The van der Waals surface area contributed by atoms with Gasteiger partial charge in [0, 0.05) is 37.0 Å². The Morgan fingerprint density at radius 2 is 2.38 bits per heavy atom. The normalized spacial score (nSPS) is 12.9. The molecule has 1 unspecified atom stereocenters. The molecule has 0 aliphatic carbocycles. The molecule has 0 aliphatic rings. The fraction of sp³-hybridized carbons (Fsp3) is 0.417. The monoisotopic (exact) mass is 219 g/mol. The summed E-state index contributed by atoms with van der Waals surface area (Å²) in [5, 5.41) is 7.78. The van der Waals surface area contributed by atoms with Gasteiger partial charge in [0.05, 0.1) is 18.2 Å². The molecule has 2 aromatic heterocycles. The molecular formula is C12H17N3O. The average molecular weight is 219 g/mol. The van der Waals surface area contributed by atoms with E-state index < -0.39 is 0 Å². The quantitative estimate of drug-likeness (QED) is 0.857. The fourth-order valence-corrected chi connectivity index (χ4v) is 1.82. The van der Waals surface area contributed by atoms with Gasteiger partial charge in [-0.1, -0.05) is 0 Å². The van der Waals surface area contributed by atoms with Gasteiger partial charge in [-0.15, -0.1) is 0 Å². The Labute approximate surface area is 95.3 Å². The van der Waals surface area contributed by atoms with E-state index in [4.69, 9.17) is 4.42 Å². The number of rotatable bonds is 4. The molecule has 0 aromatic carbocycles. The summed E-state index contributed by atoms with van der Waals surface area (Å²) in [6.07, 6.45) is 5.51. The van der Waals surface area contributed by atoms with E-state index in [1.54, 1.807) is 12.5 Å². The number of nitrogens with one attached hydrogen (secondary N) is 1. The predicted octanol–water partition coefficient (Wildman–Crippen LogP) is 2.17. The van der Waals surface area contributed by atoms with Crippen molar-refractivity contribution in [2.75, 3.05) is 0 Å². The molecule has 0 saturated heterocycles. The molecule has 0 bridgehead atoms. The van der Waals surface area contributed by atoms with Gasteiger partial charge in [-0.2, -0.15) is 5.10 Å². The Hall–Kier alpha value is -1.55. The first kappa shape index (κ1) is 11.0. The second-order valence-electron chi connectivity index (χ2n) is 4.08. The summed E-state index contributed by atoms with van der Waals surface area (Å²) in [6.45, 7) is 4.99. The van der Waals surface area contributed by atoms with Gasteiger partial charge in [0.1, 0.15) is 0 Å². The molecule has 16 heavy (non-hydrogen) atoms. The summed E-state index contributed by atoms with van der Waals surface area (Å²) >= 11 is 0. The second-order valence-corrected chi connectivity index (χ2v) is 4.08. The van der Waals surface area contributed by atoms with Gasteiger partial charge >= 0.3 is 0 Å². The number of aryl methyl sites for hydroxylation is 2. The van der Waals surface area contributed by atoms with E-state index in [1.165, 1.54) is 5.56 Å². The van der Waals surface area contributed by atoms with Crippen LogP contribution >= 0.6 is 0 Å². The lowest BCUT2D eigenvalue weighted by molar-refractivity contribution is 0.546. The molecular weight excluding hydrogens is 202 g/mol. The van der Waals surface area contributed by atoms with Crippen molar-refractivity contribution in [3.05, 3.63) is 41.6 Å². The summed E-state index contributed by atoms with van der Waals surface area (Å²) in [4.78, 5) is 0. The molecule has 0 fully saturated rings. The highest BCUT2D eigenvalue weighted by Crippen LogP contribution is 2.16. The lowest BCUT2D eigenvalue weighted by Gasteiger charge is -2.11. The minimum atomic E-state index is 0.295. The topological polar surface area (TPSA) is 43.0 Å². The Kier molecular flexibility index (Phi) is 3.10. The van der Waals surface area contributed by atoms with Gasteiger partial charge in [-0.25, -0.2) is 0 Å². The van der Waals surface area contributed by atoms with Crippen LogP contribution in [0.3, 0.4) is 0 Å². The van der Waals surface area contributed by atoms with Crippen LogP contribution < -0.4 is 5.32 Å². The largest absolute Gasteiger partial charge is 0.472 e. The number of furan rings is 1.